The molecule has 0 unspecified atom stereocenters. The van der Waals surface area contributed by atoms with E-state index in [1.807, 2.05) is 0 Å². The molecule has 1 amide bonds. The summed E-state index contributed by atoms with van der Waals surface area (Å²) in [5.41, 5.74) is 0.578. The Kier molecular flexibility index (Phi) is 6.86. The lowest BCUT2D eigenvalue weighted by Gasteiger charge is -2.19. The van der Waals surface area contributed by atoms with Crippen LogP contribution in [0.2, 0.25) is 0 Å². The number of amides is 1. The second-order valence-corrected chi connectivity index (χ2v) is 8.26. The number of esters is 1. The molecule has 0 atom stereocenters. The molecular formula is C26H24F3NO5. The number of halogens is 3. The van der Waals surface area contributed by atoms with Gasteiger partial charge < -0.3 is 19.1 Å². The highest BCUT2D eigenvalue weighted by atomic mass is 19.3. The third kappa shape index (κ3) is 4.76. The van der Waals surface area contributed by atoms with Gasteiger partial charge in [-0.25, -0.2) is 4.39 Å². The van der Waals surface area contributed by atoms with Crippen molar-refractivity contribution < 1.29 is 37.0 Å². The van der Waals surface area contributed by atoms with Crippen molar-refractivity contribution in [2.45, 2.75) is 46.5 Å². The standard InChI is InChI=1S/C26H24F3NO5/c1-4-33-21(31)12-15-9-10-20(19(27)11-15)30-13-18-22(25(30)32)24(34-14(2)3)17-8-6-5-7-16(17)23(18)35-26(28)29/h5-11,14,26H,4,12-13H2,1-3H3. The molecule has 1 aliphatic rings. The molecule has 0 N–H and O–H groups in total. The number of anilines is 1. The summed E-state index contributed by atoms with van der Waals surface area (Å²) in [5, 5.41) is 0.804. The average molecular weight is 487 g/mol. The van der Waals surface area contributed by atoms with Crippen LogP contribution in [0.4, 0.5) is 18.9 Å². The summed E-state index contributed by atoms with van der Waals surface area (Å²) in [6, 6.07) is 10.7. The molecule has 0 aliphatic carbocycles. The molecule has 3 aromatic carbocycles. The Morgan fingerprint density at radius 1 is 1.06 bits per heavy atom. The molecule has 35 heavy (non-hydrogen) atoms. The number of carbonyl (C=O) groups excluding carboxylic acids is 2. The zero-order valence-electron chi connectivity index (χ0n) is 19.4. The van der Waals surface area contributed by atoms with Crippen molar-refractivity contribution in [3.05, 3.63) is 65.0 Å². The molecule has 1 aliphatic heterocycles. The van der Waals surface area contributed by atoms with Gasteiger partial charge in [0, 0.05) is 16.3 Å². The molecular weight excluding hydrogens is 463 g/mol. The number of nitrogens with zero attached hydrogens (tertiary/aromatic N) is 1. The van der Waals surface area contributed by atoms with E-state index in [0.29, 0.717) is 16.3 Å². The third-order valence-corrected chi connectivity index (χ3v) is 5.51. The lowest BCUT2D eigenvalue weighted by Crippen LogP contribution is -2.24. The molecule has 0 saturated heterocycles. The summed E-state index contributed by atoms with van der Waals surface area (Å²) in [6.45, 7) is 2.13. The maximum absolute atomic E-state index is 15.1. The number of hydrogen-bond acceptors (Lipinski definition) is 5. The maximum atomic E-state index is 15.1. The molecule has 0 radical (unpaired) electrons. The average Bonchev–Trinajstić information content (AvgIpc) is 3.12. The molecule has 3 aromatic rings. The van der Waals surface area contributed by atoms with Crippen LogP contribution in [0.5, 0.6) is 11.5 Å². The van der Waals surface area contributed by atoms with Gasteiger partial charge in [0.1, 0.15) is 17.3 Å². The third-order valence-electron chi connectivity index (χ3n) is 5.51. The second kappa shape index (κ2) is 9.85. The Hall–Kier alpha value is -3.75. The van der Waals surface area contributed by atoms with Gasteiger partial charge >= 0.3 is 12.6 Å². The van der Waals surface area contributed by atoms with E-state index in [4.69, 9.17) is 14.2 Å². The normalized spacial score (nSPS) is 13.0. The van der Waals surface area contributed by atoms with Gasteiger partial charge in [-0.05, 0) is 38.5 Å². The highest BCUT2D eigenvalue weighted by molar-refractivity contribution is 6.17. The van der Waals surface area contributed by atoms with Gasteiger partial charge in [0.05, 0.1) is 36.9 Å². The van der Waals surface area contributed by atoms with Gasteiger partial charge in [0.2, 0.25) is 0 Å². The second-order valence-electron chi connectivity index (χ2n) is 8.26. The van der Waals surface area contributed by atoms with Crippen LogP contribution in [0, 0.1) is 5.82 Å². The zero-order chi connectivity index (χ0) is 25.3. The Morgan fingerprint density at radius 2 is 1.74 bits per heavy atom. The van der Waals surface area contributed by atoms with Crippen LogP contribution in [-0.2, 0) is 22.5 Å². The zero-order valence-corrected chi connectivity index (χ0v) is 19.4. The molecule has 0 saturated carbocycles. The Balaban J connectivity index is 1.81. The first kappa shape index (κ1) is 24.4. The number of rotatable bonds is 8. The number of fused-ring (bicyclic) bond motifs is 2. The monoisotopic (exact) mass is 487 g/mol. The highest BCUT2D eigenvalue weighted by Gasteiger charge is 2.38. The lowest BCUT2D eigenvalue weighted by molar-refractivity contribution is -0.142. The SMILES string of the molecule is CCOC(=O)Cc1ccc(N2Cc3c(c(OC(C)C)c4ccccc4c3OC(F)F)C2=O)c(F)c1. The van der Waals surface area contributed by atoms with Crippen molar-refractivity contribution in [3.8, 4) is 11.5 Å². The van der Waals surface area contributed by atoms with Gasteiger partial charge in [-0.1, -0.05) is 30.3 Å². The molecule has 0 bridgehead atoms. The smallest absolute Gasteiger partial charge is 0.387 e. The van der Waals surface area contributed by atoms with Crippen LogP contribution in [0.25, 0.3) is 10.8 Å². The van der Waals surface area contributed by atoms with Crippen molar-refractivity contribution in [3.63, 3.8) is 0 Å². The molecule has 0 aromatic heterocycles. The van der Waals surface area contributed by atoms with Gasteiger partial charge in [-0.15, -0.1) is 0 Å². The minimum atomic E-state index is -3.12. The van der Waals surface area contributed by atoms with Gasteiger partial charge in [-0.2, -0.15) is 8.78 Å². The fourth-order valence-electron chi connectivity index (χ4n) is 4.20. The van der Waals surface area contributed by atoms with Gasteiger partial charge in [0.25, 0.3) is 5.91 Å². The predicted molar refractivity (Wildman–Crippen MR) is 124 cm³/mol. The first-order valence-corrected chi connectivity index (χ1v) is 11.2. The largest absolute Gasteiger partial charge is 0.490 e. The molecule has 4 rings (SSSR count). The lowest BCUT2D eigenvalue weighted by atomic mass is 9.99. The van der Waals surface area contributed by atoms with Crippen LogP contribution < -0.4 is 14.4 Å². The first-order chi connectivity index (χ1) is 16.7. The van der Waals surface area contributed by atoms with Gasteiger partial charge in [-0.3, -0.25) is 9.59 Å². The Bertz CT molecular complexity index is 1290. The number of hydrogen-bond donors (Lipinski definition) is 0. The molecule has 6 nitrogen and oxygen atoms in total. The van der Waals surface area contributed by atoms with Crippen molar-refractivity contribution in [1.29, 1.82) is 0 Å². The molecule has 0 spiro atoms. The van der Waals surface area contributed by atoms with Crippen LogP contribution >= 0.6 is 0 Å². The van der Waals surface area contributed by atoms with Crippen LogP contribution in [0.3, 0.4) is 0 Å². The van der Waals surface area contributed by atoms with Crippen molar-refractivity contribution in [1.82, 2.24) is 0 Å². The van der Waals surface area contributed by atoms with Crippen molar-refractivity contribution in [2.24, 2.45) is 0 Å². The minimum absolute atomic E-state index is 0.0543. The molecule has 9 heteroatoms. The number of carbonyl (C=O) groups is 2. The van der Waals surface area contributed by atoms with E-state index in [1.165, 1.54) is 12.1 Å². The fraction of sp³-hybridized carbons (Fsp3) is 0.308. The van der Waals surface area contributed by atoms with E-state index < -0.39 is 24.3 Å². The Morgan fingerprint density at radius 3 is 2.34 bits per heavy atom. The van der Waals surface area contributed by atoms with Gasteiger partial charge in [0.15, 0.2) is 0 Å². The number of ether oxygens (including phenoxy) is 3. The fourth-order valence-corrected chi connectivity index (χ4v) is 4.20. The van der Waals surface area contributed by atoms with Crippen molar-refractivity contribution >= 4 is 28.3 Å². The summed E-state index contributed by atoms with van der Waals surface area (Å²) >= 11 is 0. The summed E-state index contributed by atoms with van der Waals surface area (Å²) < 4.78 is 57.6. The van der Waals surface area contributed by atoms with E-state index in [2.05, 4.69) is 0 Å². The maximum Gasteiger partial charge on any atom is 0.387 e. The van der Waals surface area contributed by atoms with Crippen LogP contribution in [-0.4, -0.2) is 31.2 Å². The predicted octanol–water partition coefficient (Wildman–Crippen LogP) is 5.63. The first-order valence-electron chi connectivity index (χ1n) is 11.2. The summed E-state index contributed by atoms with van der Waals surface area (Å²) in [5.74, 6) is -1.74. The van der Waals surface area contributed by atoms with Crippen molar-refractivity contribution in [2.75, 3.05) is 11.5 Å². The van der Waals surface area contributed by atoms with E-state index in [-0.39, 0.29) is 54.0 Å². The number of benzene rings is 3. The quantitative estimate of drug-likeness (QED) is 0.385. The highest BCUT2D eigenvalue weighted by Crippen LogP contribution is 2.47. The van der Waals surface area contributed by atoms with E-state index in [9.17, 15) is 18.4 Å². The number of alkyl halides is 2. The minimum Gasteiger partial charge on any atom is -0.490 e. The van der Waals surface area contributed by atoms with E-state index in [1.54, 1.807) is 45.0 Å². The van der Waals surface area contributed by atoms with Crippen LogP contribution in [0.1, 0.15) is 42.3 Å². The summed E-state index contributed by atoms with van der Waals surface area (Å²) in [7, 11) is 0. The van der Waals surface area contributed by atoms with E-state index in [0.717, 1.165) is 11.0 Å². The summed E-state index contributed by atoms with van der Waals surface area (Å²) in [6.07, 6.45) is -0.436. The Labute approximate surface area is 200 Å². The summed E-state index contributed by atoms with van der Waals surface area (Å²) in [4.78, 5) is 26.4. The van der Waals surface area contributed by atoms with Crippen LogP contribution in [0.15, 0.2) is 42.5 Å². The molecule has 0 fully saturated rings. The topological polar surface area (TPSA) is 65.1 Å². The van der Waals surface area contributed by atoms with E-state index >= 15 is 4.39 Å². The molecule has 1 heterocycles. The molecule has 184 valence electrons.